The van der Waals surface area contributed by atoms with Crippen LogP contribution in [0.5, 0.6) is 0 Å². The van der Waals surface area contributed by atoms with Gasteiger partial charge in [0.15, 0.2) is 0 Å². The van der Waals surface area contributed by atoms with Gasteiger partial charge in [0.25, 0.3) is 0 Å². The van der Waals surface area contributed by atoms with Crippen LogP contribution in [0.15, 0.2) is 48.5 Å². The summed E-state index contributed by atoms with van der Waals surface area (Å²) in [6.45, 7) is 5.20. The molecule has 4 N–H and O–H groups in total. The zero-order valence-electron chi connectivity index (χ0n) is 15.8. The fourth-order valence-corrected chi connectivity index (χ4v) is 3.82. The number of aryl methyl sites for hydroxylation is 1. The van der Waals surface area contributed by atoms with Crippen molar-refractivity contribution in [3.63, 3.8) is 0 Å². The number of piperazine rings is 1. The first-order valence-electron chi connectivity index (χ1n) is 9.49. The lowest BCUT2D eigenvalue weighted by Crippen LogP contribution is -2.57. The van der Waals surface area contributed by atoms with Crippen molar-refractivity contribution in [2.45, 2.75) is 19.1 Å². The number of amides is 1. The molecule has 2 saturated heterocycles. The summed E-state index contributed by atoms with van der Waals surface area (Å²) in [4.78, 5) is 17.3. The van der Waals surface area contributed by atoms with E-state index in [1.165, 1.54) is 11.3 Å². The molecule has 8 heteroatoms. The highest BCUT2D eigenvalue weighted by atomic mass is 35.5. The van der Waals surface area contributed by atoms with Crippen LogP contribution >= 0.6 is 11.6 Å². The zero-order chi connectivity index (χ0) is 19.5. The van der Waals surface area contributed by atoms with Crippen molar-refractivity contribution in [1.29, 1.82) is 0 Å². The Morgan fingerprint density at radius 2 is 1.75 bits per heavy atom. The van der Waals surface area contributed by atoms with E-state index in [1.807, 2.05) is 29.2 Å². The van der Waals surface area contributed by atoms with Crippen LogP contribution < -0.4 is 26.6 Å². The maximum atomic E-state index is 13.1. The molecular formula is C20H25ClN6O. The highest BCUT2D eigenvalue weighted by Crippen LogP contribution is 2.21. The first-order valence-corrected chi connectivity index (χ1v) is 9.87. The minimum Gasteiger partial charge on any atom is -0.368 e. The topological polar surface area (TPSA) is 71.7 Å². The van der Waals surface area contributed by atoms with Gasteiger partial charge in [0.1, 0.15) is 12.2 Å². The molecule has 0 saturated carbocycles. The van der Waals surface area contributed by atoms with Gasteiger partial charge in [-0.3, -0.25) is 4.79 Å². The lowest BCUT2D eigenvalue weighted by molar-refractivity contribution is -0.133. The Balaban J connectivity index is 1.36. The lowest BCUT2D eigenvalue weighted by Gasteiger charge is -2.38. The number of carbonyl (C=O) groups is 1. The molecule has 0 spiro atoms. The van der Waals surface area contributed by atoms with E-state index in [4.69, 9.17) is 11.6 Å². The van der Waals surface area contributed by atoms with Gasteiger partial charge in [-0.1, -0.05) is 29.8 Å². The average Bonchev–Trinajstić information content (AvgIpc) is 3.18. The lowest BCUT2D eigenvalue weighted by atomic mass is 10.1. The first kappa shape index (κ1) is 19.0. The molecule has 2 unspecified atom stereocenters. The van der Waals surface area contributed by atoms with Gasteiger partial charge in [0.05, 0.1) is 0 Å². The molecule has 2 fully saturated rings. The van der Waals surface area contributed by atoms with Crippen molar-refractivity contribution in [2.24, 2.45) is 0 Å². The molecule has 0 radical (unpaired) electrons. The van der Waals surface area contributed by atoms with Crippen LogP contribution in [0.1, 0.15) is 5.56 Å². The zero-order valence-corrected chi connectivity index (χ0v) is 16.5. The molecule has 0 aromatic heterocycles. The van der Waals surface area contributed by atoms with Crippen molar-refractivity contribution in [3.05, 3.63) is 59.1 Å². The normalized spacial score (nSPS) is 22.4. The fraction of sp³-hybridized carbons (Fsp3) is 0.350. The van der Waals surface area contributed by atoms with E-state index >= 15 is 0 Å². The Labute approximate surface area is 170 Å². The van der Waals surface area contributed by atoms with Crippen molar-refractivity contribution in [2.75, 3.05) is 36.4 Å². The summed E-state index contributed by atoms with van der Waals surface area (Å²) in [5, 5.41) is 4.01. The Bertz CT molecular complexity index is 822. The minimum atomic E-state index is -0.402. The fourth-order valence-electron chi connectivity index (χ4n) is 3.70. The van der Waals surface area contributed by atoms with Gasteiger partial charge in [0, 0.05) is 42.6 Å². The van der Waals surface area contributed by atoms with Crippen LogP contribution in [0.4, 0.5) is 11.4 Å². The number of anilines is 2. The molecule has 28 heavy (non-hydrogen) atoms. The molecule has 7 nitrogen and oxygen atoms in total. The van der Waals surface area contributed by atoms with Gasteiger partial charge < -0.3 is 15.1 Å². The largest absolute Gasteiger partial charge is 0.368 e. The molecule has 0 aliphatic carbocycles. The van der Waals surface area contributed by atoms with Gasteiger partial charge in [-0.05, 0) is 42.8 Å². The Hall–Kier alpha value is -2.32. The second-order valence-corrected chi connectivity index (χ2v) is 7.56. The van der Waals surface area contributed by atoms with Crippen molar-refractivity contribution in [1.82, 2.24) is 21.3 Å². The summed E-state index contributed by atoms with van der Waals surface area (Å²) in [6.07, 6.45) is -0.261. The van der Waals surface area contributed by atoms with Gasteiger partial charge in [-0.15, -0.1) is 0 Å². The Morgan fingerprint density at radius 1 is 1.04 bits per heavy atom. The number of nitrogens with zero attached hydrogens (tertiary/aromatic N) is 2. The predicted octanol–water partition coefficient (Wildman–Crippen LogP) is 1.72. The van der Waals surface area contributed by atoms with E-state index in [0.29, 0.717) is 18.1 Å². The van der Waals surface area contributed by atoms with Crippen LogP contribution in [0.3, 0.4) is 0 Å². The van der Waals surface area contributed by atoms with Crippen LogP contribution in [0.25, 0.3) is 0 Å². The van der Waals surface area contributed by atoms with Gasteiger partial charge in [-0.25, -0.2) is 10.9 Å². The second kappa shape index (κ2) is 8.36. The number of nitrogens with one attached hydrogen (secondary N) is 4. The standard InChI is InChI=1S/C20H25ClN6O/c1-14-4-2-3-5-17(14)26-10-12-27(13-11-26)20(28)18-19(24-25-23-18)22-16-8-6-15(21)7-9-16/h2-9,18-19,22-25H,10-13H2,1H3. The number of hydrazine groups is 2. The van der Waals surface area contributed by atoms with Crippen molar-refractivity contribution >= 4 is 28.9 Å². The first-order chi connectivity index (χ1) is 13.6. The van der Waals surface area contributed by atoms with Crippen LogP contribution in [0.2, 0.25) is 5.02 Å². The molecule has 148 valence electrons. The summed E-state index contributed by atoms with van der Waals surface area (Å²) in [5.74, 6) is 0.0772. The van der Waals surface area contributed by atoms with Gasteiger partial charge >= 0.3 is 0 Å². The third kappa shape index (κ3) is 4.07. The van der Waals surface area contributed by atoms with Crippen LogP contribution in [-0.4, -0.2) is 49.2 Å². The van der Waals surface area contributed by atoms with E-state index in [1.54, 1.807) is 0 Å². The molecule has 2 heterocycles. The number of benzene rings is 2. The van der Waals surface area contributed by atoms with Crippen molar-refractivity contribution < 1.29 is 4.79 Å². The van der Waals surface area contributed by atoms with Crippen LogP contribution in [-0.2, 0) is 4.79 Å². The number of para-hydroxylation sites is 1. The second-order valence-electron chi connectivity index (χ2n) is 7.12. The Morgan fingerprint density at radius 3 is 2.46 bits per heavy atom. The summed E-state index contributed by atoms with van der Waals surface area (Å²) < 4.78 is 0. The van der Waals surface area contributed by atoms with E-state index in [2.05, 4.69) is 57.8 Å². The quantitative estimate of drug-likeness (QED) is 0.626. The summed E-state index contributed by atoms with van der Waals surface area (Å²) in [7, 11) is 0. The number of rotatable bonds is 4. The molecule has 2 aliphatic heterocycles. The smallest absolute Gasteiger partial charge is 0.244 e. The van der Waals surface area contributed by atoms with Crippen LogP contribution in [0, 0.1) is 6.92 Å². The third-order valence-corrected chi connectivity index (χ3v) is 5.52. The monoisotopic (exact) mass is 400 g/mol. The maximum Gasteiger partial charge on any atom is 0.244 e. The number of carbonyl (C=O) groups excluding carboxylic acids is 1. The average molecular weight is 401 g/mol. The summed E-state index contributed by atoms with van der Waals surface area (Å²) >= 11 is 5.94. The summed E-state index contributed by atoms with van der Waals surface area (Å²) in [6, 6.07) is 15.4. The van der Waals surface area contributed by atoms with E-state index in [0.717, 1.165) is 18.8 Å². The molecular weight excluding hydrogens is 376 g/mol. The van der Waals surface area contributed by atoms with E-state index in [-0.39, 0.29) is 12.1 Å². The number of halogens is 1. The van der Waals surface area contributed by atoms with E-state index in [9.17, 15) is 4.79 Å². The predicted molar refractivity (Wildman–Crippen MR) is 112 cm³/mol. The molecule has 2 aromatic rings. The summed E-state index contributed by atoms with van der Waals surface area (Å²) in [5.41, 5.74) is 12.4. The van der Waals surface area contributed by atoms with E-state index < -0.39 is 6.04 Å². The highest BCUT2D eigenvalue weighted by Gasteiger charge is 2.36. The minimum absolute atomic E-state index is 0.0772. The third-order valence-electron chi connectivity index (χ3n) is 5.27. The maximum absolute atomic E-state index is 13.1. The molecule has 1 amide bonds. The molecule has 0 bridgehead atoms. The van der Waals surface area contributed by atoms with Gasteiger partial charge in [-0.2, -0.15) is 5.53 Å². The number of hydrogen-bond acceptors (Lipinski definition) is 6. The SMILES string of the molecule is Cc1ccccc1N1CCN(C(=O)C2NNNC2Nc2ccc(Cl)cc2)CC1. The number of hydrogen-bond donors (Lipinski definition) is 4. The highest BCUT2D eigenvalue weighted by molar-refractivity contribution is 6.30. The molecule has 2 aliphatic rings. The Kier molecular flexibility index (Phi) is 5.68. The molecule has 4 rings (SSSR count). The molecule has 2 atom stereocenters. The van der Waals surface area contributed by atoms with Gasteiger partial charge in [0.2, 0.25) is 5.91 Å². The van der Waals surface area contributed by atoms with Crippen molar-refractivity contribution in [3.8, 4) is 0 Å². The molecule has 2 aromatic carbocycles.